The molecule has 24 heavy (non-hydrogen) atoms. The lowest BCUT2D eigenvalue weighted by molar-refractivity contribution is -0.132. The number of piperazine rings is 1. The van der Waals surface area contributed by atoms with Crippen LogP contribution in [0.3, 0.4) is 0 Å². The van der Waals surface area contributed by atoms with Crippen molar-refractivity contribution in [2.24, 2.45) is 0 Å². The topological polar surface area (TPSA) is 53.5 Å². The van der Waals surface area contributed by atoms with Gasteiger partial charge in [-0.3, -0.25) is 9.59 Å². The first kappa shape index (κ1) is 16.6. The second kappa shape index (κ2) is 7.13. The molecule has 1 saturated heterocycles. The molecule has 2 aromatic rings. The highest BCUT2D eigenvalue weighted by Crippen LogP contribution is 2.13. The molecule has 0 radical (unpaired) electrons. The molecular formula is C18H21N3O2S. The molecule has 0 spiro atoms. The summed E-state index contributed by atoms with van der Waals surface area (Å²) in [6, 6.07) is 7.62. The van der Waals surface area contributed by atoms with Crippen LogP contribution < -0.4 is 0 Å². The number of hydrogen-bond acceptors (Lipinski definition) is 4. The number of rotatable bonds is 3. The van der Waals surface area contributed by atoms with Crippen molar-refractivity contribution in [3.8, 4) is 0 Å². The van der Waals surface area contributed by atoms with E-state index in [0.717, 1.165) is 16.3 Å². The second-order valence-corrected chi connectivity index (χ2v) is 7.14. The fraction of sp³-hybridized carbons (Fsp3) is 0.389. The fourth-order valence-electron chi connectivity index (χ4n) is 2.79. The van der Waals surface area contributed by atoms with Crippen LogP contribution in [0.1, 0.15) is 26.6 Å². The third-order valence-electron chi connectivity index (χ3n) is 4.22. The molecule has 1 aliphatic heterocycles. The first-order valence-electron chi connectivity index (χ1n) is 8.07. The zero-order valence-corrected chi connectivity index (χ0v) is 14.8. The van der Waals surface area contributed by atoms with Gasteiger partial charge in [-0.25, -0.2) is 4.98 Å². The van der Waals surface area contributed by atoms with E-state index < -0.39 is 0 Å². The van der Waals surface area contributed by atoms with E-state index in [-0.39, 0.29) is 11.8 Å². The van der Waals surface area contributed by atoms with Gasteiger partial charge in [-0.05, 0) is 26.0 Å². The summed E-state index contributed by atoms with van der Waals surface area (Å²) >= 11 is 1.56. The van der Waals surface area contributed by atoms with Gasteiger partial charge in [-0.1, -0.05) is 17.7 Å². The molecule has 3 rings (SSSR count). The van der Waals surface area contributed by atoms with Crippen LogP contribution in [0.2, 0.25) is 0 Å². The molecule has 1 aliphatic rings. The van der Waals surface area contributed by atoms with Crippen molar-refractivity contribution in [1.82, 2.24) is 14.8 Å². The summed E-state index contributed by atoms with van der Waals surface area (Å²) < 4.78 is 0. The number of carbonyl (C=O) groups is 2. The maximum atomic E-state index is 12.5. The lowest BCUT2D eigenvalue weighted by atomic mass is 10.1. The number of thiazole rings is 1. The maximum absolute atomic E-state index is 12.5. The van der Waals surface area contributed by atoms with E-state index in [2.05, 4.69) is 4.98 Å². The maximum Gasteiger partial charge on any atom is 0.253 e. The van der Waals surface area contributed by atoms with E-state index in [1.54, 1.807) is 11.3 Å². The highest BCUT2D eigenvalue weighted by Gasteiger charge is 2.25. The summed E-state index contributed by atoms with van der Waals surface area (Å²) in [7, 11) is 0. The van der Waals surface area contributed by atoms with E-state index in [9.17, 15) is 9.59 Å². The lowest BCUT2D eigenvalue weighted by Gasteiger charge is -2.34. The molecule has 0 atom stereocenters. The lowest BCUT2D eigenvalue weighted by Crippen LogP contribution is -2.51. The van der Waals surface area contributed by atoms with Gasteiger partial charge in [-0.15, -0.1) is 11.3 Å². The summed E-state index contributed by atoms with van der Waals surface area (Å²) in [4.78, 5) is 32.8. The van der Waals surface area contributed by atoms with Crippen LogP contribution in [-0.4, -0.2) is 52.8 Å². The molecule has 2 amide bonds. The van der Waals surface area contributed by atoms with Gasteiger partial charge in [0, 0.05) is 37.1 Å². The third-order valence-corrected chi connectivity index (χ3v) is 5.04. The monoisotopic (exact) mass is 343 g/mol. The molecule has 0 N–H and O–H groups in total. The molecular weight excluding hydrogens is 322 g/mol. The zero-order chi connectivity index (χ0) is 17.1. The predicted molar refractivity (Wildman–Crippen MR) is 94.2 cm³/mol. The number of carbonyl (C=O) groups excluding carboxylic acids is 2. The quantitative estimate of drug-likeness (QED) is 0.859. The minimum atomic E-state index is 0.0391. The standard InChI is InChI=1S/C18H21N3O2S/c1-13-3-5-15(6-4-13)18(23)21-9-7-20(8-10-21)17(22)11-16-12-24-14(2)19-16/h3-6,12H,7-11H2,1-2H3. The molecule has 1 fully saturated rings. The molecule has 1 aromatic carbocycles. The number of amides is 2. The fourth-order valence-corrected chi connectivity index (χ4v) is 3.41. The Labute approximate surface area is 145 Å². The van der Waals surface area contributed by atoms with Gasteiger partial charge in [0.1, 0.15) is 0 Å². The smallest absolute Gasteiger partial charge is 0.253 e. The molecule has 0 unspecified atom stereocenters. The number of aromatic nitrogens is 1. The summed E-state index contributed by atoms with van der Waals surface area (Å²) in [5.74, 6) is 0.125. The van der Waals surface area contributed by atoms with Crippen LogP contribution >= 0.6 is 11.3 Å². The SMILES string of the molecule is Cc1ccc(C(=O)N2CCN(C(=O)Cc3csc(C)n3)CC2)cc1. The second-order valence-electron chi connectivity index (χ2n) is 6.07. The van der Waals surface area contributed by atoms with E-state index in [4.69, 9.17) is 0 Å². The van der Waals surface area contributed by atoms with Crippen molar-refractivity contribution < 1.29 is 9.59 Å². The summed E-state index contributed by atoms with van der Waals surface area (Å²) in [5, 5.41) is 2.91. The van der Waals surface area contributed by atoms with Gasteiger partial charge in [0.05, 0.1) is 17.1 Å². The molecule has 0 saturated carbocycles. The van der Waals surface area contributed by atoms with Crippen LogP contribution in [0.15, 0.2) is 29.6 Å². The van der Waals surface area contributed by atoms with Crippen LogP contribution in [-0.2, 0) is 11.2 Å². The zero-order valence-electron chi connectivity index (χ0n) is 14.0. The van der Waals surface area contributed by atoms with Gasteiger partial charge < -0.3 is 9.80 Å². The van der Waals surface area contributed by atoms with E-state index in [1.807, 2.05) is 53.3 Å². The largest absolute Gasteiger partial charge is 0.339 e. The molecule has 6 heteroatoms. The minimum absolute atomic E-state index is 0.0391. The highest BCUT2D eigenvalue weighted by molar-refractivity contribution is 7.09. The van der Waals surface area contributed by atoms with Crippen molar-refractivity contribution in [2.75, 3.05) is 26.2 Å². The number of benzene rings is 1. The van der Waals surface area contributed by atoms with Crippen molar-refractivity contribution in [3.63, 3.8) is 0 Å². The average Bonchev–Trinajstić information content (AvgIpc) is 3.00. The molecule has 0 aliphatic carbocycles. The van der Waals surface area contributed by atoms with E-state index in [1.165, 1.54) is 0 Å². The van der Waals surface area contributed by atoms with Crippen LogP contribution in [0.5, 0.6) is 0 Å². The molecule has 2 heterocycles. The highest BCUT2D eigenvalue weighted by atomic mass is 32.1. The Kier molecular flexibility index (Phi) is 4.94. The molecule has 5 nitrogen and oxygen atoms in total. The van der Waals surface area contributed by atoms with Gasteiger partial charge in [0.2, 0.25) is 5.91 Å². The normalized spacial score (nSPS) is 14.8. The molecule has 126 valence electrons. The average molecular weight is 343 g/mol. The van der Waals surface area contributed by atoms with Gasteiger partial charge in [-0.2, -0.15) is 0 Å². The van der Waals surface area contributed by atoms with E-state index >= 15 is 0 Å². The van der Waals surface area contributed by atoms with Crippen LogP contribution in [0.25, 0.3) is 0 Å². The number of hydrogen-bond donors (Lipinski definition) is 0. The van der Waals surface area contributed by atoms with Crippen molar-refractivity contribution in [3.05, 3.63) is 51.5 Å². The third kappa shape index (κ3) is 3.82. The summed E-state index contributed by atoms with van der Waals surface area (Å²) in [5.41, 5.74) is 2.68. The summed E-state index contributed by atoms with van der Waals surface area (Å²) in [6.45, 7) is 6.26. The Morgan fingerprint density at radius 2 is 1.67 bits per heavy atom. The Morgan fingerprint density at radius 3 is 2.25 bits per heavy atom. The van der Waals surface area contributed by atoms with Crippen molar-refractivity contribution in [2.45, 2.75) is 20.3 Å². The minimum Gasteiger partial charge on any atom is -0.339 e. The van der Waals surface area contributed by atoms with Crippen LogP contribution in [0.4, 0.5) is 0 Å². The first-order valence-corrected chi connectivity index (χ1v) is 8.95. The Hall–Kier alpha value is -2.21. The number of nitrogens with zero attached hydrogens (tertiary/aromatic N) is 3. The van der Waals surface area contributed by atoms with Crippen molar-refractivity contribution >= 4 is 23.2 Å². The van der Waals surface area contributed by atoms with Crippen LogP contribution in [0, 0.1) is 13.8 Å². The molecule has 0 bridgehead atoms. The van der Waals surface area contributed by atoms with Gasteiger partial charge in [0.25, 0.3) is 5.91 Å². The first-order chi connectivity index (χ1) is 11.5. The van der Waals surface area contributed by atoms with Gasteiger partial charge in [0.15, 0.2) is 0 Å². The Morgan fingerprint density at radius 1 is 1.04 bits per heavy atom. The predicted octanol–water partition coefficient (Wildman–Crippen LogP) is 2.29. The Bertz CT molecular complexity index is 731. The van der Waals surface area contributed by atoms with Gasteiger partial charge >= 0.3 is 0 Å². The number of aryl methyl sites for hydroxylation is 2. The summed E-state index contributed by atoms with van der Waals surface area (Å²) in [6.07, 6.45) is 0.344. The van der Waals surface area contributed by atoms with Crippen molar-refractivity contribution in [1.29, 1.82) is 0 Å². The molecule has 1 aromatic heterocycles. The van der Waals surface area contributed by atoms with E-state index in [0.29, 0.717) is 38.2 Å². The Balaban J connectivity index is 1.54.